The van der Waals surface area contributed by atoms with Gasteiger partial charge >= 0.3 is 0 Å². The summed E-state index contributed by atoms with van der Waals surface area (Å²) in [6.45, 7) is 3.54. The Balaban J connectivity index is 1.63. The largest absolute Gasteiger partial charge is 0.375 e. The molecule has 1 aliphatic heterocycles. The van der Waals surface area contributed by atoms with Crippen molar-refractivity contribution in [1.82, 2.24) is 4.90 Å². The lowest BCUT2D eigenvalue weighted by atomic mass is 10.1. The van der Waals surface area contributed by atoms with Crippen LogP contribution in [0.4, 0.5) is 0 Å². The predicted octanol–water partition coefficient (Wildman–Crippen LogP) is 1.65. The van der Waals surface area contributed by atoms with Crippen molar-refractivity contribution in [2.75, 3.05) is 19.7 Å². The third-order valence-corrected chi connectivity index (χ3v) is 3.79. The second-order valence-electron chi connectivity index (χ2n) is 4.85. The summed E-state index contributed by atoms with van der Waals surface area (Å²) in [5, 5.41) is 0. The van der Waals surface area contributed by atoms with Gasteiger partial charge in [0.15, 0.2) is 0 Å². The summed E-state index contributed by atoms with van der Waals surface area (Å²) in [6.07, 6.45) is 7.64. The molecule has 0 radical (unpaired) electrons. The van der Waals surface area contributed by atoms with Crippen molar-refractivity contribution >= 4 is 0 Å². The zero-order valence-electron chi connectivity index (χ0n) is 8.24. The maximum Gasteiger partial charge on any atom is 0.0730 e. The first-order valence-electron chi connectivity index (χ1n) is 5.79. The minimum Gasteiger partial charge on any atom is -0.375 e. The molecular weight excluding hydrogens is 162 g/mol. The van der Waals surface area contributed by atoms with Gasteiger partial charge in [-0.1, -0.05) is 0 Å². The molecule has 2 nitrogen and oxygen atoms in total. The number of hydrogen-bond donors (Lipinski definition) is 0. The molecule has 0 aromatic heterocycles. The van der Waals surface area contributed by atoms with Crippen LogP contribution in [0, 0.1) is 5.92 Å². The number of nitrogens with zero attached hydrogens (tertiary/aromatic N) is 1. The van der Waals surface area contributed by atoms with Crippen molar-refractivity contribution in [2.24, 2.45) is 5.92 Å². The molecule has 0 amide bonds. The molecule has 2 saturated carbocycles. The highest BCUT2D eigenvalue weighted by molar-refractivity contribution is 4.91. The number of ether oxygens (including phenoxy) is 1. The molecule has 13 heavy (non-hydrogen) atoms. The van der Waals surface area contributed by atoms with Crippen molar-refractivity contribution in [1.29, 1.82) is 0 Å². The van der Waals surface area contributed by atoms with Crippen LogP contribution in [-0.4, -0.2) is 36.7 Å². The molecule has 0 unspecified atom stereocenters. The van der Waals surface area contributed by atoms with Gasteiger partial charge < -0.3 is 4.74 Å². The van der Waals surface area contributed by atoms with E-state index in [1.165, 1.54) is 45.2 Å². The summed E-state index contributed by atoms with van der Waals surface area (Å²) >= 11 is 0. The Kier molecular flexibility index (Phi) is 2.06. The highest BCUT2D eigenvalue weighted by Crippen LogP contribution is 2.35. The molecule has 3 aliphatic rings. The summed E-state index contributed by atoms with van der Waals surface area (Å²) in [5.74, 6) is 1.04. The smallest absolute Gasteiger partial charge is 0.0730 e. The fourth-order valence-corrected chi connectivity index (χ4v) is 2.86. The lowest BCUT2D eigenvalue weighted by Gasteiger charge is -2.37. The zero-order valence-corrected chi connectivity index (χ0v) is 8.24. The zero-order chi connectivity index (χ0) is 8.67. The third-order valence-electron chi connectivity index (χ3n) is 3.79. The van der Waals surface area contributed by atoms with Crippen LogP contribution in [-0.2, 0) is 4.74 Å². The Labute approximate surface area is 80.2 Å². The van der Waals surface area contributed by atoms with E-state index in [1.54, 1.807) is 0 Å². The molecular formula is C11H19NO. The summed E-state index contributed by atoms with van der Waals surface area (Å²) < 4.78 is 5.79. The normalized spacial score (nSPS) is 40.6. The second-order valence-corrected chi connectivity index (χ2v) is 4.85. The van der Waals surface area contributed by atoms with Gasteiger partial charge in [0.1, 0.15) is 0 Å². The van der Waals surface area contributed by atoms with Gasteiger partial charge in [-0.3, -0.25) is 4.90 Å². The van der Waals surface area contributed by atoms with Gasteiger partial charge in [0.05, 0.1) is 12.7 Å². The molecule has 74 valence electrons. The predicted molar refractivity (Wildman–Crippen MR) is 51.7 cm³/mol. The third kappa shape index (κ3) is 1.62. The Morgan fingerprint density at radius 3 is 2.92 bits per heavy atom. The number of hydrogen-bond acceptors (Lipinski definition) is 2. The Morgan fingerprint density at radius 1 is 1.15 bits per heavy atom. The van der Waals surface area contributed by atoms with E-state index in [1.807, 2.05) is 0 Å². The first-order valence-corrected chi connectivity index (χ1v) is 5.79. The fraction of sp³-hybridized carbons (Fsp3) is 1.00. The van der Waals surface area contributed by atoms with Gasteiger partial charge in [-0.15, -0.1) is 0 Å². The first kappa shape index (κ1) is 8.25. The lowest BCUT2D eigenvalue weighted by Crippen LogP contribution is -2.49. The average molecular weight is 181 g/mol. The summed E-state index contributed by atoms with van der Waals surface area (Å²) in [4.78, 5) is 2.71. The Bertz CT molecular complexity index is 191. The van der Waals surface area contributed by atoms with Crippen LogP contribution in [0.1, 0.15) is 32.1 Å². The second kappa shape index (κ2) is 3.25. The molecule has 0 aromatic carbocycles. The maximum atomic E-state index is 5.79. The monoisotopic (exact) mass is 181 g/mol. The van der Waals surface area contributed by atoms with Gasteiger partial charge in [-0.25, -0.2) is 0 Å². The molecule has 0 bridgehead atoms. The Hall–Kier alpha value is -0.0800. The van der Waals surface area contributed by atoms with Crippen LogP contribution in [0.15, 0.2) is 0 Å². The molecule has 3 rings (SSSR count). The fourth-order valence-electron chi connectivity index (χ4n) is 2.86. The molecule has 2 aliphatic carbocycles. The van der Waals surface area contributed by atoms with Crippen LogP contribution in [0.3, 0.4) is 0 Å². The minimum atomic E-state index is 0.590. The maximum absolute atomic E-state index is 5.79. The first-order chi connectivity index (χ1) is 6.43. The highest BCUT2D eigenvalue weighted by Gasteiger charge is 2.38. The summed E-state index contributed by atoms with van der Waals surface area (Å²) in [6, 6.07) is 0.786. The molecule has 0 N–H and O–H groups in total. The van der Waals surface area contributed by atoms with Crippen LogP contribution < -0.4 is 0 Å². The van der Waals surface area contributed by atoms with Crippen molar-refractivity contribution in [2.45, 2.75) is 44.2 Å². The highest BCUT2D eigenvalue weighted by atomic mass is 16.5. The van der Waals surface area contributed by atoms with E-state index >= 15 is 0 Å². The molecule has 2 atom stereocenters. The topological polar surface area (TPSA) is 12.5 Å². The van der Waals surface area contributed by atoms with Crippen molar-refractivity contribution in [3.63, 3.8) is 0 Å². The number of fused-ring (bicyclic) bond motifs is 1. The molecule has 0 aromatic rings. The quantitative estimate of drug-likeness (QED) is 0.642. The van der Waals surface area contributed by atoms with Gasteiger partial charge in [0, 0.05) is 19.1 Å². The van der Waals surface area contributed by atoms with Crippen LogP contribution in [0.2, 0.25) is 0 Å². The molecule has 1 saturated heterocycles. The average Bonchev–Trinajstić information content (AvgIpc) is 2.83. The van der Waals surface area contributed by atoms with Crippen LogP contribution in [0.25, 0.3) is 0 Å². The van der Waals surface area contributed by atoms with E-state index in [4.69, 9.17) is 4.74 Å². The number of morpholine rings is 1. The lowest BCUT2D eigenvalue weighted by molar-refractivity contribution is -0.0569. The van der Waals surface area contributed by atoms with Gasteiger partial charge in [-0.2, -0.15) is 0 Å². The van der Waals surface area contributed by atoms with Crippen molar-refractivity contribution in [3.05, 3.63) is 0 Å². The van der Waals surface area contributed by atoms with Gasteiger partial charge in [0.2, 0.25) is 0 Å². The molecule has 3 fully saturated rings. The van der Waals surface area contributed by atoms with E-state index in [9.17, 15) is 0 Å². The standard InChI is InChI=1S/C11H19NO/c1-2-10-11(3-1)13-7-6-12(10)8-9-4-5-9/h9-11H,1-8H2/t10-,11+/m1/s1. The van der Waals surface area contributed by atoms with E-state index in [2.05, 4.69) is 4.90 Å². The molecule has 2 heteroatoms. The minimum absolute atomic E-state index is 0.590. The summed E-state index contributed by atoms with van der Waals surface area (Å²) in [7, 11) is 0. The van der Waals surface area contributed by atoms with E-state index in [0.29, 0.717) is 6.10 Å². The van der Waals surface area contributed by atoms with Crippen LogP contribution >= 0.6 is 0 Å². The van der Waals surface area contributed by atoms with E-state index in [0.717, 1.165) is 18.6 Å². The molecule has 0 spiro atoms. The number of rotatable bonds is 2. The van der Waals surface area contributed by atoms with Gasteiger partial charge in [0.25, 0.3) is 0 Å². The molecule has 1 heterocycles. The van der Waals surface area contributed by atoms with E-state index in [-0.39, 0.29) is 0 Å². The van der Waals surface area contributed by atoms with Crippen LogP contribution in [0.5, 0.6) is 0 Å². The van der Waals surface area contributed by atoms with Crippen molar-refractivity contribution < 1.29 is 4.74 Å². The SMILES string of the molecule is C1C[C@@H]2OCCN(CC3CC3)[C@@H]2C1. The van der Waals surface area contributed by atoms with Gasteiger partial charge in [-0.05, 0) is 38.0 Å². The van der Waals surface area contributed by atoms with E-state index < -0.39 is 0 Å². The Morgan fingerprint density at radius 2 is 2.08 bits per heavy atom. The summed E-state index contributed by atoms with van der Waals surface area (Å²) in [5.41, 5.74) is 0. The van der Waals surface area contributed by atoms with Crippen molar-refractivity contribution in [3.8, 4) is 0 Å².